The average Bonchev–Trinajstić information content (AvgIpc) is 3.14. The molecule has 0 saturated heterocycles. The predicted molar refractivity (Wildman–Crippen MR) is 104 cm³/mol. The van der Waals surface area contributed by atoms with Crippen LogP contribution in [0.15, 0.2) is 52.9 Å². The van der Waals surface area contributed by atoms with Crippen molar-refractivity contribution < 1.29 is 9.21 Å². The van der Waals surface area contributed by atoms with E-state index in [1.807, 2.05) is 43.3 Å². The highest BCUT2D eigenvalue weighted by Gasteiger charge is 2.11. The predicted octanol–water partition coefficient (Wildman–Crippen LogP) is 5.59. The Morgan fingerprint density at radius 1 is 1.12 bits per heavy atom. The molecule has 0 unspecified atom stereocenters. The highest BCUT2D eigenvalue weighted by molar-refractivity contribution is 5.80. The quantitative estimate of drug-likeness (QED) is 0.523. The van der Waals surface area contributed by atoms with Crippen molar-refractivity contribution in [3.8, 4) is 11.5 Å². The van der Waals surface area contributed by atoms with Crippen molar-refractivity contribution in [1.29, 1.82) is 0 Å². The van der Waals surface area contributed by atoms with E-state index in [4.69, 9.17) is 4.42 Å². The Labute approximate surface area is 153 Å². The van der Waals surface area contributed by atoms with Crippen molar-refractivity contribution in [1.82, 2.24) is 10.2 Å². The first-order chi connectivity index (χ1) is 12.7. The van der Waals surface area contributed by atoms with Crippen molar-refractivity contribution in [2.24, 2.45) is 0 Å². The van der Waals surface area contributed by atoms with Crippen LogP contribution in [0.4, 0.5) is 0 Å². The first-order valence-corrected chi connectivity index (χ1v) is 8.87. The van der Waals surface area contributed by atoms with Crippen LogP contribution in [0.5, 0.6) is 0 Å². The molecule has 0 radical (unpaired) electrons. The van der Waals surface area contributed by atoms with E-state index in [1.54, 1.807) is 6.07 Å². The Hall–Kier alpha value is -3.01. The Balaban J connectivity index is 1.92. The van der Waals surface area contributed by atoms with Crippen molar-refractivity contribution in [3.63, 3.8) is 0 Å². The molecule has 2 aromatic carbocycles. The topological polar surface area (TPSA) is 56.0 Å². The molecule has 0 saturated carbocycles. The third-order valence-electron chi connectivity index (χ3n) is 4.30. The van der Waals surface area contributed by atoms with Crippen LogP contribution in [0.2, 0.25) is 0 Å². The lowest BCUT2D eigenvalue weighted by Gasteiger charge is -2.06. The molecular formula is C22H22N2O2. The largest absolute Gasteiger partial charge is 0.417 e. The van der Waals surface area contributed by atoms with E-state index < -0.39 is 0 Å². The van der Waals surface area contributed by atoms with Gasteiger partial charge in [-0.25, -0.2) is 0 Å². The van der Waals surface area contributed by atoms with Gasteiger partial charge in [-0.15, -0.1) is 10.2 Å². The van der Waals surface area contributed by atoms with E-state index in [1.165, 1.54) is 11.1 Å². The summed E-state index contributed by atoms with van der Waals surface area (Å²) in [5, 5.41) is 8.37. The number of allylic oxidation sites excluding steroid dienone is 1. The number of carbonyl (C=O) groups excluding carboxylic acids is 1. The Kier molecular flexibility index (Phi) is 5.74. The van der Waals surface area contributed by atoms with E-state index in [2.05, 4.69) is 29.3 Å². The van der Waals surface area contributed by atoms with Gasteiger partial charge < -0.3 is 4.42 Å². The van der Waals surface area contributed by atoms with Crippen molar-refractivity contribution in [2.75, 3.05) is 0 Å². The van der Waals surface area contributed by atoms with Gasteiger partial charge in [0, 0.05) is 17.2 Å². The molecule has 132 valence electrons. The van der Waals surface area contributed by atoms with Gasteiger partial charge in [0.2, 0.25) is 11.8 Å². The summed E-state index contributed by atoms with van der Waals surface area (Å²) in [4.78, 5) is 10.9. The molecule has 0 spiro atoms. The molecule has 4 nitrogen and oxygen atoms in total. The molecule has 0 N–H and O–H groups in total. The number of aryl methyl sites for hydroxylation is 1. The minimum atomic E-state index is 0.467. The van der Waals surface area contributed by atoms with Gasteiger partial charge >= 0.3 is 0 Å². The van der Waals surface area contributed by atoms with Crippen LogP contribution >= 0.6 is 0 Å². The fraction of sp³-hybridized carbons (Fsp3) is 0.227. The fourth-order valence-corrected chi connectivity index (χ4v) is 2.87. The molecule has 0 aliphatic carbocycles. The third kappa shape index (κ3) is 4.14. The minimum Gasteiger partial charge on any atom is -0.417 e. The Morgan fingerprint density at radius 2 is 1.92 bits per heavy atom. The van der Waals surface area contributed by atoms with E-state index in [-0.39, 0.29) is 0 Å². The number of benzene rings is 2. The van der Waals surface area contributed by atoms with Crippen LogP contribution in [0.1, 0.15) is 53.6 Å². The summed E-state index contributed by atoms with van der Waals surface area (Å²) in [6.07, 6.45) is 6.00. The first-order valence-electron chi connectivity index (χ1n) is 8.87. The SMILES string of the molecule is CCCC/C(=C\c1nnc(-c2ccc(C=O)cc2C)o1)c1ccccc1. The van der Waals surface area contributed by atoms with E-state index in [0.29, 0.717) is 17.3 Å². The number of hydrogen-bond donors (Lipinski definition) is 0. The zero-order valence-corrected chi connectivity index (χ0v) is 15.1. The maximum atomic E-state index is 10.9. The molecule has 0 amide bonds. The minimum absolute atomic E-state index is 0.467. The molecule has 26 heavy (non-hydrogen) atoms. The summed E-state index contributed by atoms with van der Waals surface area (Å²) < 4.78 is 5.87. The molecule has 0 aliphatic rings. The number of hydrogen-bond acceptors (Lipinski definition) is 4. The molecule has 1 heterocycles. The smallest absolute Gasteiger partial charge is 0.248 e. The summed E-state index contributed by atoms with van der Waals surface area (Å²) in [5.74, 6) is 0.961. The number of nitrogens with zero attached hydrogens (tertiary/aromatic N) is 2. The number of unbranched alkanes of at least 4 members (excludes halogenated alkanes) is 1. The van der Waals surface area contributed by atoms with E-state index in [0.717, 1.165) is 36.7 Å². The van der Waals surface area contributed by atoms with Crippen molar-refractivity contribution >= 4 is 17.9 Å². The van der Waals surface area contributed by atoms with Crippen molar-refractivity contribution in [3.05, 3.63) is 71.1 Å². The van der Waals surface area contributed by atoms with Gasteiger partial charge in [0.1, 0.15) is 6.29 Å². The lowest BCUT2D eigenvalue weighted by Crippen LogP contribution is -1.87. The van der Waals surface area contributed by atoms with Gasteiger partial charge in [0.05, 0.1) is 0 Å². The molecule has 4 heteroatoms. The molecule has 1 aromatic heterocycles. The molecule has 0 aliphatic heterocycles. The molecule has 3 aromatic rings. The normalized spacial score (nSPS) is 11.5. The Morgan fingerprint density at radius 3 is 2.62 bits per heavy atom. The number of aromatic nitrogens is 2. The Bertz CT molecular complexity index is 911. The summed E-state index contributed by atoms with van der Waals surface area (Å²) in [7, 11) is 0. The van der Waals surface area contributed by atoms with Crippen LogP contribution in [0.25, 0.3) is 23.1 Å². The van der Waals surface area contributed by atoms with Crippen LogP contribution in [-0.4, -0.2) is 16.5 Å². The monoisotopic (exact) mass is 346 g/mol. The van der Waals surface area contributed by atoms with Gasteiger partial charge in [0.15, 0.2) is 0 Å². The summed E-state index contributed by atoms with van der Waals surface area (Å²) >= 11 is 0. The summed E-state index contributed by atoms with van der Waals surface area (Å²) in [5.41, 5.74) is 4.78. The zero-order chi connectivity index (χ0) is 18.4. The molecular weight excluding hydrogens is 324 g/mol. The molecule has 3 rings (SSSR count). The summed E-state index contributed by atoms with van der Waals surface area (Å²) in [6.45, 7) is 4.11. The molecule has 0 fully saturated rings. The zero-order valence-electron chi connectivity index (χ0n) is 15.1. The van der Waals surface area contributed by atoms with Gasteiger partial charge in [-0.05, 0) is 48.6 Å². The maximum Gasteiger partial charge on any atom is 0.248 e. The number of aldehydes is 1. The van der Waals surface area contributed by atoms with Gasteiger partial charge in [-0.3, -0.25) is 4.79 Å². The number of carbonyl (C=O) groups is 1. The second-order valence-electron chi connectivity index (χ2n) is 6.28. The maximum absolute atomic E-state index is 10.9. The van der Waals surface area contributed by atoms with Crippen molar-refractivity contribution in [2.45, 2.75) is 33.1 Å². The van der Waals surface area contributed by atoms with Gasteiger partial charge in [0.25, 0.3) is 0 Å². The second kappa shape index (κ2) is 8.39. The molecule has 0 bridgehead atoms. The van der Waals surface area contributed by atoms with E-state index in [9.17, 15) is 4.79 Å². The van der Waals surface area contributed by atoms with Gasteiger partial charge in [-0.2, -0.15) is 0 Å². The number of rotatable bonds is 7. The van der Waals surface area contributed by atoms with Crippen LogP contribution < -0.4 is 0 Å². The standard InChI is InChI=1S/C22H22N2O2/c1-3-4-8-19(18-9-6-5-7-10-18)14-21-23-24-22(26-21)20-12-11-17(15-25)13-16(20)2/h5-7,9-15H,3-4,8H2,1-2H3/b19-14+. The van der Waals surface area contributed by atoms with Crippen LogP contribution in [0.3, 0.4) is 0 Å². The highest BCUT2D eigenvalue weighted by atomic mass is 16.4. The third-order valence-corrected chi connectivity index (χ3v) is 4.30. The molecule has 0 atom stereocenters. The van der Waals surface area contributed by atoms with Crippen LogP contribution in [-0.2, 0) is 0 Å². The second-order valence-corrected chi connectivity index (χ2v) is 6.28. The highest BCUT2D eigenvalue weighted by Crippen LogP contribution is 2.26. The fourth-order valence-electron chi connectivity index (χ4n) is 2.87. The van der Waals surface area contributed by atoms with Gasteiger partial charge in [-0.1, -0.05) is 49.7 Å². The average molecular weight is 346 g/mol. The van der Waals surface area contributed by atoms with E-state index >= 15 is 0 Å². The lowest BCUT2D eigenvalue weighted by atomic mass is 10.00. The first kappa shape index (κ1) is 17.8. The lowest BCUT2D eigenvalue weighted by molar-refractivity contribution is 0.112. The summed E-state index contributed by atoms with van der Waals surface area (Å²) in [6, 6.07) is 15.7. The van der Waals surface area contributed by atoms with Crippen LogP contribution in [0, 0.1) is 6.92 Å².